The van der Waals surface area contributed by atoms with Crippen molar-refractivity contribution in [3.63, 3.8) is 0 Å². The van der Waals surface area contributed by atoms with E-state index in [2.05, 4.69) is 50.3 Å². The number of fused-ring (bicyclic) bond motifs is 1. The maximum Gasteiger partial charge on any atom is 0.126 e. The van der Waals surface area contributed by atoms with Crippen molar-refractivity contribution in [2.75, 3.05) is 0 Å². The highest BCUT2D eigenvalue weighted by atomic mass is 127. The van der Waals surface area contributed by atoms with Gasteiger partial charge in [-0.25, -0.2) is 0 Å². The van der Waals surface area contributed by atoms with Crippen molar-refractivity contribution >= 4 is 22.6 Å². The number of ether oxygens (including phenoxy) is 1. The molecule has 0 fully saturated rings. The van der Waals surface area contributed by atoms with Crippen LogP contribution in [0.1, 0.15) is 34.7 Å². The number of alkyl halides is 1. The molecule has 0 amide bonds. The summed E-state index contributed by atoms with van der Waals surface area (Å²) in [6.07, 6.45) is 1.42. The fourth-order valence-corrected chi connectivity index (χ4v) is 3.54. The summed E-state index contributed by atoms with van der Waals surface area (Å²) in [6.45, 7) is 8.78. The zero-order valence-corrected chi connectivity index (χ0v) is 11.9. The fraction of sp³-hybridized carbons (Fsp3) is 0.538. The van der Waals surface area contributed by atoms with Gasteiger partial charge in [0.1, 0.15) is 11.9 Å². The van der Waals surface area contributed by atoms with Crippen LogP contribution < -0.4 is 4.74 Å². The molecule has 1 heterocycles. The number of hydrogen-bond acceptors (Lipinski definition) is 1. The second-order valence-electron chi connectivity index (χ2n) is 4.43. The molecular weight excluding hydrogens is 299 g/mol. The number of benzene rings is 1. The molecular formula is C13H17IO. The summed E-state index contributed by atoms with van der Waals surface area (Å²) in [6, 6.07) is 0. The molecule has 1 unspecified atom stereocenters. The first-order valence-electron chi connectivity index (χ1n) is 5.40. The average Bonchev–Trinajstić information content (AvgIpc) is 2.58. The first-order chi connectivity index (χ1) is 7.06. The van der Waals surface area contributed by atoms with E-state index < -0.39 is 0 Å². The van der Waals surface area contributed by atoms with E-state index in [4.69, 9.17) is 4.74 Å². The lowest BCUT2D eigenvalue weighted by Gasteiger charge is -2.15. The van der Waals surface area contributed by atoms with Crippen LogP contribution in [0.15, 0.2) is 0 Å². The highest BCUT2D eigenvalue weighted by Crippen LogP contribution is 2.39. The normalized spacial score (nSPS) is 18.9. The zero-order valence-electron chi connectivity index (χ0n) is 9.78. The Hall–Kier alpha value is -0.250. The highest BCUT2D eigenvalue weighted by Gasteiger charge is 2.25. The predicted molar refractivity (Wildman–Crippen MR) is 72.2 cm³/mol. The molecule has 0 N–H and O–H groups in total. The van der Waals surface area contributed by atoms with Gasteiger partial charge in [0.15, 0.2) is 0 Å². The summed E-state index contributed by atoms with van der Waals surface area (Å²) < 4.78 is 6.99. The molecule has 1 aliphatic heterocycles. The van der Waals surface area contributed by atoms with E-state index in [-0.39, 0.29) is 0 Å². The Bertz CT molecular complexity index is 410. The fourth-order valence-electron chi connectivity index (χ4n) is 2.39. The van der Waals surface area contributed by atoms with Crippen LogP contribution in [0.5, 0.6) is 5.75 Å². The molecule has 2 rings (SSSR count). The molecule has 0 saturated heterocycles. The second kappa shape index (κ2) is 3.96. The molecule has 1 aromatic rings. The van der Waals surface area contributed by atoms with E-state index in [1.54, 1.807) is 0 Å². The molecule has 0 saturated carbocycles. The third kappa shape index (κ3) is 1.67. The summed E-state index contributed by atoms with van der Waals surface area (Å²) in [7, 11) is 0. The average molecular weight is 316 g/mol. The van der Waals surface area contributed by atoms with Gasteiger partial charge in [-0.1, -0.05) is 22.6 Å². The van der Waals surface area contributed by atoms with Crippen LogP contribution in [0, 0.1) is 20.8 Å². The Morgan fingerprint density at radius 3 is 2.47 bits per heavy atom. The maximum atomic E-state index is 5.90. The van der Waals surface area contributed by atoms with Crippen LogP contribution in [-0.4, -0.2) is 6.10 Å². The SMILES string of the molecule is Cc1c(C)c2c(c(C)c1CI)CC(C)O2. The van der Waals surface area contributed by atoms with Gasteiger partial charge in [0.2, 0.25) is 0 Å². The summed E-state index contributed by atoms with van der Waals surface area (Å²) >= 11 is 2.45. The van der Waals surface area contributed by atoms with E-state index in [0.29, 0.717) is 6.10 Å². The predicted octanol–water partition coefficient (Wildman–Crippen LogP) is 3.87. The van der Waals surface area contributed by atoms with Crippen LogP contribution >= 0.6 is 22.6 Å². The minimum Gasteiger partial charge on any atom is -0.490 e. The Labute approximate surface area is 105 Å². The lowest BCUT2D eigenvalue weighted by atomic mass is 9.92. The molecule has 0 aliphatic carbocycles. The van der Waals surface area contributed by atoms with Gasteiger partial charge in [0.25, 0.3) is 0 Å². The van der Waals surface area contributed by atoms with Crippen molar-refractivity contribution in [2.45, 2.75) is 44.6 Å². The summed E-state index contributed by atoms with van der Waals surface area (Å²) in [5.41, 5.74) is 7.15. The highest BCUT2D eigenvalue weighted by molar-refractivity contribution is 14.1. The Morgan fingerprint density at radius 1 is 1.20 bits per heavy atom. The van der Waals surface area contributed by atoms with Crippen LogP contribution in [-0.2, 0) is 10.8 Å². The first kappa shape index (κ1) is 11.2. The van der Waals surface area contributed by atoms with E-state index in [0.717, 1.165) is 16.6 Å². The van der Waals surface area contributed by atoms with Crippen molar-refractivity contribution < 1.29 is 4.74 Å². The minimum atomic E-state index is 0.348. The van der Waals surface area contributed by atoms with Crippen LogP contribution in [0.25, 0.3) is 0 Å². The van der Waals surface area contributed by atoms with Crippen molar-refractivity contribution in [3.05, 3.63) is 27.8 Å². The lowest BCUT2D eigenvalue weighted by molar-refractivity contribution is 0.253. The van der Waals surface area contributed by atoms with Gasteiger partial charge >= 0.3 is 0 Å². The van der Waals surface area contributed by atoms with Gasteiger partial charge in [0.05, 0.1) is 0 Å². The summed E-state index contributed by atoms with van der Waals surface area (Å²) in [5, 5.41) is 0. The van der Waals surface area contributed by atoms with E-state index >= 15 is 0 Å². The molecule has 0 aromatic heterocycles. The van der Waals surface area contributed by atoms with Crippen LogP contribution in [0.4, 0.5) is 0 Å². The van der Waals surface area contributed by atoms with Gasteiger partial charge in [-0.15, -0.1) is 0 Å². The monoisotopic (exact) mass is 316 g/mol. The molecule has 15 heavy (non-hydrogen) atoms. The Kier molecular flexibility index (Phi) is 2.97. The van der Waals surface area contributed by atoms with Crippen LogP contribution in [0.2, 0.25) is 0 Å². The quantitative estimate of drug-likeness (QED) is 0.564. The molecule has 1 aromatic carbocycles. The lowest BCUT2D eigenvalue weighted by Crippen LogP contribution is -2.05. The molecule has 0 radical (unpaired) electrons. The van der Waals surface area contributed by atoms with Gasteiger partial charge < -0.3 is 4.74 Å². The number of rotatable bonds is 1. The molecule has 2 heteroatoms. The van der Waals surface area contributed by atoms with E-state index in [1.807, 2.05) is 0 Å². The molecule has 1 atom stereocenters. The van der Waals surface area contributed by atoms with Crippen molar-refractivity contribution in [1.82, 2.24) is 0 Å². The maximum absolute atomic E-state index is 5.90. The molecule has 1 aliphatic rings. The third-order valence-corrected chi connectivity index (χ3v) is 4.24. The van der Waals surface area contributed by atoms with E-state index in [9.17, 15) is 0 Å². The minimum absolute atomic E-state index is 0.348. The first-order valence-corrected chi connectivity index (χ1v) is 6.93. The number of halogens is 1. The van der Waals surface area contributed by atoms with Crippen molar-refractivity contribution in [2.24, 2.45) is 0 Å². The zero-order chi connectivity index (χ0) is 11.2. The summed E-state index contributed by atoms with van der Waals surface area (Å²) in [4.78, 5) is 0. The largest absolute Gasteiger partial charge is 0.490 e. The molecule has 0 bridgehead atoms. The molecule has 1 nitrogen and oxygen atoms in total. The van der Waals surface area contributed by atoms with Gasteiger partial charge in [-0.05, 0) is 49.9 Å². The van der Waals surface area contributed by atoms with Crippen molar-refractivity contribution in [3.8, 4) is 5.75 Å². The Balaban J connectivity index is 2.68. The number of hydrogen-bond donors (Lipinski definition) is 0. The Morgan fingerprint density at radius 2 is 1.87 bits per heavy atom. The summed E-state index contributed by atoms with van der Waals surface area (Å²) in [5.74, 6) is 1.16. The third-order valence-electron chi connectivity index (χ3n) is 3.48. The second-order valence-corrected chi connectivity index (χ2v) is 5.19. The van der Waals surface area contributed by atoms with Crippen molar-refractivity contribution in [1.29, 1.82) is 0 Å². The molecule has 82 valence electrons. The standard InChI is InChI=1S/C13H17IO/c1-7-5-11-10(4)12(6-14)8(2)9(3)13(11)15-7/h7H,5-6H2,1-4H3. The van der Waals surface area contributed by atoms with Gasteiger partial charge in [-0.2, -0.15) is 0 Å². The molecule has 0 spiro atoms. The van der Waals surface area contributed by atoms with Gasteiger partial charge in [0, 0.05) is 16.4 Å². The topological polar surface area (TPSA) is 9.23 Å². The smallest absolute Gasteiger partial charge is 0.126 e. The van der Waals surface area contributed by atoms with Gasteiger partial charge in [-0.3, -0.25) is 0 Å². The van der Waals surface area contributed by atoms with Crippen LogP contribution in [0.3, 0.4) is 0 Å². The van der Waals surface area contributed by atoms with E-state index in [1.165, 1.54) is 27.8 Å².